The van der Waals surface area contributed by atoms with Crippen molar-refractivity contribution in [3.8, 4) is 11.5 Å². The second kappa shape index (κ2) is 12.3. The van der Waals surface area contributed by atoms with E-state index < -0.39 is 0 Å². The number of carbonyl (C=O) groups is 1. The van der Waals surface area contributed by atoms with Crippen molar-refractivity contribution in [2.45, 2.75) is 45.6 Å². The normalized spacial score (nSPS) is 10.6. The van der Waals surface area contributed by atoms with Crippen molar-refractivity contribution in [3.05, 3.63) is 69.6 Å². The van der Waals surface area contributed by atoms with E-state index in [0.29, 0.717) is 27.9 Å². The van der Waals surface area contributed by atoms with Crippen LogP contribution in [0.4, 0.5) is 5.69 Å². The number of aromatic nitrogens is 1. The molecule has 0 saturated heterocycles. The van der Waals surface area contributed by atoms with Gasteiger partial charge in [-0.25, -0.2) is 0 Å². The summed E-state index contributed by atoms with van der Waals surface area (Å²) in [7, 11) is 0. The molecule has 31 heavy (non-hydrogen) atoms. The topological polar surface area (TPSA) is 60.5 Å². The van der Waals surface area contributed by atoms with E-state index in [2.05, 4.69) is 17.2 Å². The number of hydrogen-bond acceptors (Lipinski definition) is 5. The lowest BCUT2D eigenvalue weighted by atomic mass is 10.1. The smallest absolute Gasteiger partial charge is 0.269 e. The van der Waals surface area contributed by atoms with Gasteiger partial charge in [-0.2, -0.15) is 0 Å². The molecule has 1 aromatic carbocycles. The van der Waals surface area contributed by atoms with E-state index in [9.17, 15) is 4.79 Å². The van der Waals surface area contributed by atoms with Gasteiger partial charge in [-0.15, -0.1) is 11.3 Å². The summed E-state index contributed by atoms with van der Waals surface area (Å²) in [4.78, 5) is 17.1. The van der Waals surface area contributed by atoms with E-state index in [1.165, 1.54) is 30.6 Å². The van der Waals surface area contributed by atoms with Crippen molar-refractivity contribution in [1.29, 1.82) is 0 Å². The molecule has 7 heteroatoms. The zero-order chi connectivity index (χ0) is 21.9. The first kappa shape index (κ1) is 23.1. The Morgan fingerprint density at radius 3 is 2.77 bits per heavy atom. The summed E-state index contributed by atoms with van der Waals surface area (Å²) < 4.78 is 11.9. The van der Waals surface area contributed by atoms with E-state index >= 15 is 0 Å². The maximum Gasteiger partial charge on any atom is 0.269 e. The number of nitrogens with one attached hydrogen (secondary N) is 1. The molecule has 0 bridgehead atoms. The number of ether oxygens (including phenoxy) is 2. The Morgan fingerprint density at radius 2 is 1.97 bits per heavy atom. The molecule has 0 unspecified atom stereocenters. The highest BCUT2D eigenvalue weighted by molar-refractivity contribution is 7.12. The van der Waals surface area contributed by atoms with E-state index in [4.69, 9.17) is 21.1 Å². The molecular weight excluding hydrogens is 432 g/mol. The van der Waals surface area contributed by atoms with Gasteiger partial charge in [0.2, 0.25) is 0 Å². The average molecular weight is 459 g/mol. The second-order valence-corrected chi connectivity index (χ2v) is 8.47. The highest BCUT2D eigenvalue weighted by atomic mass is 35.5. The SMILES string of the molecule is CCCCCCCOc1ccc(Cl)cc1COc1ccsc1C(=O)Nc1cccnc1. The van der Waals surface area contributed by atoms with Crippen LogP contribution in [-0.2, 0) is 6.61 Å². The number of benzene rings is 1. The molecular formula is C24H27ClN2O3S. The second-order valence-electron chi connectivity index (χ2n) is 7.11. The van der Waals surface area contributed by atoms with Gasteiger partial charge in [0.05, 0.1) is 18.5 Å². The zero-order valence-electron chi connectivity index (χ0n) is 17.6. The minimum Gasteiger partial charge on any atom is -0.493 e. The molecule has 0 fully saturated rings. The van der Waals surface area contributed by atoms with Crippen molar-refractivity contribution in [2.24, 2.45) is 0 Å². The quantitative estimate of drug-likeness (QED) is 0.297. The summed E-state index contributed by atoms with van der Waals surface area (Å²) in [6, 6.07) is 10.9. The van der Waals surface area contributed by atoms with E-state index in [-0.39, 0.29) is 12.5 Å². The van der Waals surface area contributed by atoms with Crippen LogP contribution < -0.4 is 14.8 Å². The van der Waals surface area contributed by atoms with Gasteiger partial charge in [0.15, 0.2) is 0 Å². The largest absolute Gasteiger partial charge is 0.493 e. The first-order chi connectivity index (χ1) is 15.2. The van der Waals surface area contributed by atoms with Crippen LogP contribution in [0.5, 0.6) is 11.5 Å². The number of carbonyl (C=O) groups excluding carboxylic acids is 1. The Bertz CT molecular complexity index is 962. The highest BCUT2D eigenvalue weighted by Crippen LogP contribution is 2.29. The molecule has 2 heterocycles. The number of halogens is 1. The molecule has 2 aromatic heterocycles. The predicted molar refractivity (Wildman–Crippen MR) is 127 cm³/mol. The zero-order valence-corrected chi connectivity index (χ0v) is 19.2. The Morgan fingerprint density at radius 1 is 1.10 bits per heavy atom. The number of anilines is 1. The number of amides is 1. The number of thiophene rings is 1. The van der Waals surface area contributed by atoms with E-state index in [1.807, 2.05) is 23.6 Å². The fourth-order valence-corrected chi connectivity index (χ4v) is 3.97. The lowest BCUT2D eigenvalue weighted by molar-refractivity contribution is 0.102. The van der Waals surface area contributed by atoms with Crippen LogP contribution in [0.15, 0.2) is 54.2 Å². The summed E-state index contributed by atoms with van der Waals surface area (Å²) in [5.74, 6) is 1.06. The van der Waals surface area contributed by atoms with Crippen molar-refractivity contribution < 1.29 is 14.3 Å². The van der Waals surface area contributed by atoms with Gasteiger partial charge >= 0.3 is 0 Å². The van der Waals surface area contributed by atoms with E-state index in [1.54, 1.807) is 30.6 Å². The average Bonchev–Trinajstić information content (AvgIpc) is 3.25. The summed E-state index contributed by atoms with van der Waals surface area (Å²) in [5.41, 5.74) is 1.49. The molecule has 3 aromatic rings. The van der Waals surface area contributed by atoms with Gasteiger partial charge in [-0.05, 0) is 48.2 Å². The lowest BCUT2D eigenvalue weighted by Crippen LogP contribution is -2.12. The van der Waals surface area contributed by atoms with Gasteiger partial charge in [-0.1, -0.05) is 44.2 Å². The van der Waals surface area contributed by atoms with Crippen LogP contribution >= 0.6 is 22.9 Å². The Hall–Kier alpha value is -2.57. The van der Waals surface area contributed by atoms with E-state index in [0.717, 1.165) is 24.2 Å². The highest BCUT2D eigenvalue weighted by Gasteiger charge is 2.16. The molecule has 1 amide bonds. The third-order valence-corrected chi connectivity index (χ3v) is 5.80. The van der Waals surface area contributed by atoms with Crippen LogP contribution in [-0.4, -0.2) is 17.5 Å². The summed E-state index contributed by atoms with van der Waals surface area (Å²) in [6.45, 7) is 3.13. The molecule has 164 valence electrons. The van der Waals surface area contributed by atoms with Gasteiger partial charge in [-0.3, -0.25) is 9.78 Å². The number of pyridine rings is 1. The minimum absolute atomic E-state index is 0.229. The van der Waals surface area contributed by atoms with Gasteiger partial charge < -0.3 is 14.8 Å². The monoisotopic (exact) mass is 458 g/mol. The van der Waals surface area contributed by atoms with Gasteiger partial charge in [0, 0.05) is 16.8 Å². The number of nitrogens with zero attached hydrogens (tertiary/aromatic N) is 1. The van der Waals surface area contributed by atoms with Gasteiger partial charge in [0.1, 0.15) is 23.0 Å². The summed E-state index contributed by atoms with van der Waals surface area (Å²) in [6.07, 6.45) is 9.17. The number of hydrogen-bond donors (Lipinski definition) is 1. The standard InChI is InChI=1S/C24H27ClN2O3S/c1-2-3-4-5-6-13-29-21-10-9-19(25)15-18(21)17-30-22-11-14-31-23(22)24(28)27-20-8-7-12-26-16-20/h7-12,14-16H,2-6,13,17H2,1H3,(H,27,28). The van der Waals surface area contributed by atoms with Gasteiger partial charge in [0.25, 0.3) is 5.91 Å². The molecule has 0 spiro atoms. The molecule has 0 atom stereocenters. The molecule has 0 aliphatic heterocycles. The molecule has 0 aliphatic rings. The third kappa shape index (κ3) is 7.26. The fraction of sp³-hybridized carbons (Fsp3) is 0.333. The van der Waals surface area contributed by atoms with Crippen LogP contribution in [0, 0.1) is 0 Å². The molecule has 1 N–H and O–H groups in total. The third-order valence-electron chi connectivity index (χ3n) is 4.67. The van der Waals surface area contributed by atoms with Crippen molar-refractivity contribution in [3.63, 3.8) is 0 Å². The van der Waals surface area contributed by atoms with Crippen LogP contribution in [0.2, 0.25) is 5.02 Å². The Labute approximate surface area is 192 Å². The summed E-state index contributed by atoms with van der Waals surface area (Å²) >= 11 is 7.52. The number of unbranched alkanes of at least 4 members (excludes halogenated alkanes) is 4. The maximum atomic E-state index is 12.6. The molecule has 5 nitrogen and oxygen atoms in total. The Kier molecular flexibility index (Phi) is 9.18. The lowest BCUT2D eigenvalue weighted by Gasteiger charge is -2.13. The van der Waals surface area contributed by atoms with Crippen LogP contribution in [0.25, 0.3) is 0 Å². The fourth-order valence-electron chi connectivity index (χ4n) is 3.05. The molecule has 0 radical (unpaired) electrons. The maximum absolute atomic E-state index is 12.6. The van der Waals surface area contributed by atoms with Crippen LogP contribution in [0.1, 0.15) is 54.3 Å². The summed E-state index contributed by atoms with van der Waals surface area (Å²) in [5, 5.41) is 5.29. The minimum atomic E-state index is -0.229. The molecule has 0 saturated carbocycles. The van der Waals surface area contributed by atoms with Crippen molar-refractivity contribution >= 4 is 34.5 Å². The van der Waals surface area contributed by atoms with Crippen molar-refractivity contribution in [2.75, 3.05) is 11.9 Å². The molecule has 3 rings (SSSR count). The van der Waals surface area contributed by atoms with Crippen LogP contribution in [0.3, 0.4) is 0 Å². The number of rotatable bonds is 12. The Balaban J connectivity index is 1.59. The molecule has 0 aliphatic carbocycles. The predicted octanol–water partition coefficient (Wildman–Crippen LogP) is 6.98. The van der Waals surface area contributed by atoms with Crippen molar-refractivity contribution in [1.82, 2.24) is 4.98 Å². The first-order valence-corrected chi connectivity index (χ1v) is 11.8. The first-order valence-electron chi connectivity index (χ1n) is 10.5.